The third-order valence-electron chi connectivity index (χ3n) is 3.21. The molecule has 1 N–H and O–H groups in total. The number of carbonyl (C=O) groups is 1. The van der Waals surface area contributed by atoms with Crippen LogP contribution in [-0.2, 0) is 4.79 Å². The zero-order chi connectivity index (χ0) is 14.1. The number of likely N-dealkylation sites (tertiary alicyclic amines) is 1. The van der Waals surface area contributed by atoms with E-state index in [1.165, 1.54) is 11.9 Å². The maximum atomic E-state index is 12.2. The summed E-state index contributed by atoms with van der Waals surface area (Å²) in [5.41, 5.74) is 0. The molecule has 1 fully saturated rings. The number of hydrogen-bond acceptors (Lipinski definition) is 3. The Kier molecular flexibility index (Phi) is 4.61. The maximum Gasteiger partial charge on any atom is 0.415 e. The minimum atomic E-state index is -4.65. The van der Waals surface area contributed by atoms with Crippen molar-refractivity contribution in [1.29, 1.82) is 0 Å². The lowest BCUT2D eigenvalue weighted by atomic mass is 10.2. The van der Waals surface area contributed by atoms with Crippen LogP contribution < -0.4 is 0 Å². The van der Waals surface area contributed by atoms with Crippen molar-refractivity contribution in [1.82, 2.24) is 9.80 Å². The molecule has 0 aliphatic carbocycles. The first-order valence-electron chi connectivity index (χ1n) is 5.90. The molecule has 1 rings (SSSR count). The molecular formula is C11H19F3N2O2. The van der Waals surface area contributed by atoms with E-state index in [2.05, 4.69) is 0 Å². The molecule has 1 amide bonds. The Labute approximate surface area is 104 Å². The van der Waals surface area contributed by atoms with E-state index >= 15 is 0 Å². The van der Waals surface area contributed by atoms with Gasteiger partial charge in [-0.25, -0.2) is 0 Å². The molecule has 0 aromatic rings. The van der Waals surface area contributed by atoms with E-state index in [0.29, 0.717) is 13.0 Å². The SMILES string of the molecule is CC(C)N1CCC(N(C)CC(O)C(F)(F)F)C1=O. The Balaban J connectivity index is 2.59. The molecule has 0 aromatic carbocycles. The third-order valence-corrected chi connectivity index (χ3v) is 3.21. The average Bonchev–Trinajstić information content (AvgIpc) is 2.58. The fraction of sp³-hybridized carbons (Fsp3) is 0.909. The van der Waals surface area contributed by atoms with Crippen molar-refractivity contribution in [3.63, 3.8) is 0 Å². The molecule has 0 spiro atoms. The first-order valence-corrected chi connectivity index (χ1v) is 5.90. The van der Waals surface area contributed by atoms with Gasteiger partial charge in [0.15, 0.2) is 6.10 Å². The topological polar surface area (TPSA) is 43.8 Å². The van der Waals surface area contributed by atoms with Crippen LogP contribution in [0.4, 0.5) is 13.2 Å². The van der Waals surface area contributed by atoms with E-state index in [1.54, 1.807) is 4.90 Å². The van der Waals surface area contributed by atoms with E-state index in [-0.39, 0.29) is 11.9 Å². The molecule has 1 saturated heterocycles. The van der Waals surface area contributed by atoms with Crippen LogP contribution in [0.2, 0.25) is 0 Å². The van der Waals surface area contributed by atoms with Gasteiger partial charge in [-0.2, -0.15) is 13.2 Å². The minimum Gasteiger partial charge on any atom is -0.382 e. The molecule has 1 heterocycles. The Hall–Kier alpha value is -0.820. The number of aliphatic hydroxyl groups excluding tert-OH is 1. The van der Waals surface area contributed by atoms with Crippen LogP contribution in [0, 0.1) is 0 Å². The number of aliphatic hydroxyl groups is 1. The number of amides is 1. The molecule has 1 aliphatic rings. The minimum absolute atomic E-state index is 0.0449. The van der Waals surface area contributed by atoms with Crippen molar-refractivity contribution in [2.45, 2.75) is 44.6 Å². The van der Waals surface area contributed by atoms with E-state index in [9.17, 15) is 18.0 Å². The highest BCUT2D eigenvalue weighted by atomic mass is 19.4. The Morgan fingerprint density at radius 2 is 2.06 bits per heavy atom. The number of likely N-dealkylation sites (N-methyl/N-ethyl adjacent to an activating group) is 1. The van der Waals surface area contributed by atoms with Gasteiger partial charge in [-0.3, -0.25) is 9.69 Å². The van der Waals surface area contributed by atoms with Crippen molar-refractivity contribution in [3.05, 3.63) is 0 Å². The zero-order valence-corrected chi connectivity index (χ0v) is 10.7. The van der Waals surface area contributed by atoms with Gasteiger partial charge in [0, 0.05) is 19.1 Å². The number of hydrogen-bond donors (Lipinski definition) is 1. The van der Waals surface area contributed by atoms with Crippen LogP contribution in [0.15, 0.2) is 0 Å². The molecule has 106 valence electrons. The van der Waals surface area contributed by atoms with E-state index in [0.717, 1.165) is 0 Å². The number of nitrogens with zero attached hydrogens (tertiary/aromatic N) is 2. The van der Waals surface area contributed by atoms with E-state index in [1.807, 2.05) is 13.8 Å². The molecule has 2 unspecified atom stereocenters. The summed E-state index contributed by atoms with van der Waals surface area (Å²) in [6, 6.07) is -0.521. The van der Waals surface area contributed by atoms with Crippen LogP contribution in [0.1, 0.15) is 20.3 Å². The third kappa shape index (κ3) is 3.35. The first-order chi connectivity index (χ1) is 8.14. The van der Waals surface area contributed by atoms with Gasteiger partial charge >= 0.3 is 6.18 Å². The molecule has 0 aromatic heterocycles. The highest BCUT2D eigenvalue weighted by Gasteiger charge is 2.42. The monoisotopic (exact) mass is 268 g/mol. The predicted octanol–water partition coefficient (Wildman–Crippen LogP) is 0.851. The Bertz CT molecular complexity index is 307. The normalized spacial score (nSPS) is 23.3. The number of halogens is 3. The summed E-state index contributed by atoms with van der Waals surface area (Å²) in [7, 11) is 1.43. The quantitative estimate of drug-likeness (QED) is 0.822. The van der Waals surface area contributed by atoms with Crippen LogP contribution in [0.25, 0.3) is 0 Å². The first kappa shape index (κ1) is 15.2. The van der Waals surface area contributed by atoms with Crippen molar-refractivity contribution >= 4 is 5.91 Å². The molecule has 7 heteroatoms. The van der Waals surface area contributed by atoms with Gasteiger partial charge < -0.3 is 10.0 Å². The summed E-state index contributed by atoms with van der Waals surface area (Å²) in [6.45, 7) is 3.70. The lowest BCUT2D eigenvalue weighted by molar-refractivity contribution is -0.208. The molecule has 0 radical (unpaired) electrons. The fourth-order valence-electron chi connectivity index (χ4n) is 2.11. The number of carbonyl (C=O) groups excluding carboxylic acids is 1. The standard InChI is InChI=1S/C11H19F3N2O2/c1-7(2)16-5-4-8(10(16)18)15(3)6-9(17)11(12,13)14/h7-9,17H,4-6H2,1-3H3. The number of alkyl halides is 3. The summed E-state index contributed by atoms with van der Waals surface area (Å²) in [5.74, 6) is -0.165. The van der Waals surface area contributed by atoms with E-state index < -0.39 is 24.9 Å². The predicted molar refractivity (Wildman–Crippen MR) is 59.9 cm³/mol. The molecule has 0 saturated carbocycles. The van der Waals surface area contributed by atoms with Gasteiger partial charge in [-0.05, 0) is 27.3 Å². The molecule has 18 heavy (non-hydrogen) atoms. The molecule has 2 atom stereocenters. The molecule has 1 aliphatic heterocycles. The summed E-state index contributed by atoms with van der Waals surface area (Å²) in [5, 5.41) is 8.99. The van der Waals surface area contributed by atoms with Gasteiger partial charge in [-0.15, -0.1) is 0 Å². The van der Waals surface area contributed by atoms with Gasteiger partial charge in [0.1, 0.15) is 0 Å². The van der Waals surface area contributed by atoms with Gasteiger partial charge in [0.2, 0.25) is 5.91 Å². The van der Waals surface area contributed by atoms with Crippen LogP contribution in [-0.4, -0.2) is 65.3 Å². The molecule has 0 bridgehead atoms. The highest BCUT2D eigenvalue weighted by Crippen LogP contribution is 2.23. The van der Waals surface area contributed by atoms with Crippen molar-refractivity contribution < 1.29 is 23.1 Å². The lowest BCUT2D eigenvalue weighted by Crippen LogP contribution is -2.47. The summed E-state index contributed by atoms with van der Waals surface area (Å²) < 4.78 is 36.7. The van der Waals surface area contributed by atoms with Gasteiger partial charge in [0.05, 0.1) is 6.04 Å². The van der Waals surface area contributed by atoms with Crippen LogP contribution in [0.3, 0.4) is 0 Å². The van der Waals surface area contributed by atoms with Gasteiger partial charge in [-0.1, -0.05) is 0 Å². The average molecular weight is 268 g/mol. The fourth-order valence-corrected chi connectivity index (χ4v) is 2.11. The maximum absolute atomic E-state index is 12.2. The molecule has 4 nitrogen and oxygen atoms in total. The number of rotatable bonds is 4. The Morgan fingerprint density at radius 1 is 1.50 bits per heavy atom. The van der Waals surface area contributed by atoms with Crippen LogP contribution in [0.5, 0.6) is 0 Å². The summed E-state index contributed by atoms with van der Waals surface area (Å²) in [4.78, 5) is 14.9. The second kappa shape index (κ2) is 5.44. The van der Waals surface area contributed by atoms with Crippen molar-refractivity contribution in [2.24, 2.45) is 0 Å². The summed E-state index contributed by atoms with van der Waals surface area (Å²) >= 11 is 0. The van der Waals surface area contributed by atoms with Crippen LogP contribution >= 0.6 is 0 Å². The smallest absolute Gasteiger partial charge is 0.382 e. The second-order valence-corrected chi connectivity index (χ2v) is 4.93. The van der Waals surface area contributed by atoms with E-state index in [4.69, 9.17) is 5.11 Å². The van der Waals surface area contributed by atoms with Crippen molar-refractivity contribution in [3.8, 4) is 0 Å². The summed E-state index contributed by atoms with van der Waals surface area (Å²) in [6.07, 6.45) is -6.56. The molecular weight excluding hydrogens is 249 g/mol. The highest BCUT2D eigenvalue weighted by molar-refractivity contribution is 5.84. The Morgan fingerprint density at radius 3 is 2.44 bits per heavy atom. The van der Waals surface area contributed by atoms with Gasteiger partial charge in [0.25, 0.3) is 0 Å². The lowest BCUT2D eigenvalue weighted by Gasteiger charge is -2.27. The van der Waals surface area contributed by atoms with Crippen molar-refractivity contribution in [2.75, 3.05) is 20.1 Å². The largest absolute Gasteiger partial charge is 0.415 e. The zero-order valence-electron chi connectivity index (χ0n) is 10.7. The second-order valence-electron chi connectivity index (χ2n) is 4.93.